The number of hydrogen-bond donors (Lipinski definition) is 1. The Balaban J connectivity index is 1.83. The van der Waals surface area contributed by atoms with Crippen LogP contribution in [-0.2, 0) is 9.47 Å². The summed E-state index contributed by atoms with van der Waals surface area (Å²) in [6.45, 7) is 12.6. The maximum Gasteiger partial charge on any atom is 0.410 e. The van der Waals surface area contributed by atoms with E-state index < -0.39 is 5.60 Å². The van der Waals surface area contributed by atoms with Crippen LogP contribution < -0.4 is 5.32 Å². The highest BCUT2D eigenvalue weighted by Crippen LogP contribution is 2.23. The summed E-state index contributed by atoms with van der Waals surface area (Å²) in [7, 11) is 0. The highest BCUT2D eigenvalue weighted by atomic mass is 16.6. The zero-order chi connectivity index (χ0) is 17.0. The van der Waals surface area contributed by atoms with E-state index in [0.29, 0.717) is 24.1 Å². The molecule has 134 valence electrons. The van der Waals surface area contributed by atoms with Crippen LogP contribution in [0, 0.1) is 5.92 Å². The van der Waals surface area contributed by atoms with Gasteiger partial charge in [-0.05, 0) is 66.2 Å². The van der Waals surface area contributed by atoms with Crippen LogP contribution in [0.3, 0.4) is 0 Å². The summed E-state index contributed by atoms with van der Waals surface area (Å²) in [5, 5.41) is 3.77. The lowest BCUT2D eigenvalue weighted by atomic mass is 9.90. The number of carbonyl (C=O) groups is 1. The third kappa shape index (κ3) is 5.96. The minimum atomic E-state index is -0.424. The minimum absolute atomic E-state index is 0.172. The number of carbonyl (C=O) groups excluding carboxylic acids is 1. The van der Waals surface area contributed by atoms with Gasteiger partial charge in [-0.15, -0.1) is 0 Å². The van der Waals surface area contributed by atoms with Crippen LogP contribution >= 0.6 is 0 Å². The molecule has 4 unspecified atom stereocenters. The van der Waals surface area contributed by atoms with E-state index in [1.165, 1.54) is 6.42 Å². The smallest absolute Gasteiger partial charge is 0.410 e. The Morgan fingerprint density at radius 2 is 2.09 bits per heavy atom. The van der Waals surface area contributed by atoms with E-state index in [9.17, 15) is 4.79 Å². The first-order valence-electron chi connectivity index (χ1n) is 9.10. The zero-order valence-corrected chi connectivity index (χ0v) is 15.4. The molecule has 1 N–H and O–H groups in total. The Kier molecular flexibility index (Phi) is 6.32. The van der Waals surface area contributed by atoms with Crippen LogP contribution in [0.25, 0.3) is 0 Å². The van der Waals surface area contributed by atoms with Crippen LogP contribution in [0.1, 0.15) is 60.3 Å². The molecule has 2 saturated heterocycles. The van der Waals surface area contributed by atoms with Gasteiger partial charge in [0.2, 0.25) is 0 Å². The fourth-order valence-corrected chi connectivity index (χ4v) is 3.57. The predicted octanol–water partition coefficient (Wildman–Crippen LogP) is 3.18. The summed E-state index contributed by atoms with van der Waals surface area (Å²) in [5.74, 6) is 0.495. The second-order valence-electron chi connectivity index (χ2n) is 8.19. The van der Waals surface area contributed by atoms with Gasteiger partial charge in [-0.1, -0.05) is 0 Å². The summed E-state index contributed by atoms with van der Waals surface area (Å²) < 4.78 is 11.1. The molecule has 0 aliphatic carbocycles. The monoisotopic (exact) mass is 326 g/mol. The van der Waals surface area contributed by atoms with E-state index in [1.807, 2.05) is 25.7 Å². The Bertz CT molecular complexity index is 394. The topological polar surface area (TPSA) is 50.8 Å². The standard InChI is InChI=1S/C18H34N2O3/c1-13-11-16(8-10-22-13)19-14(2)15-7-6-9-20(12-15)17(21)23-18(3,4)5/h13-16,19H,6-12H2,1-5H3. The van der Waals surface area contributed by atoms with Gasteiger partial charge in [0.15, 0.2) is 0 Å². The van der Waals surface area contributed by atoms with Gasteiger partial charge in [0.25, 0.3) is 0 Å². The van der Waals surface area contributed by atoms with Crippen LogP contribution in [0.15, 0.2) is 0 Å². The van der Waals surface area contributed by atoms with E-state index in [4.69, 9.17) is 9.47 Å². The number of likely N-dealkylation sites (tertiary alicyclic amines) is 1. The Morgan fingerprint density at radius 1 is 1.35 bits per heavy atom. The van der Waals surface area contributed by atoms with Gasteiger partial charge in [-0.25, -0.2) is 4.79 Å². The SMILES string of the molecule is CC1CC(NC(C)C2CCCN(C(=O)OC(C)(C)C)C2)CCO1. The molecule has 5 nitrogen and oxygen atoms in total. The molecule has 4 atom stereocenters. The van der Waals surface area contributed by atoms with Crippen LogP contribution in [0.5, 0.6) is 0 Å². The average Bonchev–Trinajstić information content (AvgIpc) is 2.45. The van der Waals surface area contributed by atoms with Gasteiger partial charge in [0.1, 0.15) is 5.60 Å². The van der Waals surface area contributed by atoms with Crippen molar-refractivity contribution in [3.63, 3.8) is 0 Å². The van der Waals surface area contributed by atoms with Gasteiger partial charge < -0.3 is 19.7 Å². The molecule has 23 heavy (non-hydrogen) atoms. The van der Waals surface area contributed by atoms with E-state index in [1.54, 1.807) is 0 Å². The average molecular weight is 326 g/mol. The number of amides is 1. The van der Waals surface area contributed by atoms with Crippen LogP contribution in [0.4, 0.5) is 4.79 Å². The largest absolute Gasteiger partial charge is 0.444 e. The molecule has 2 aliphatic heterocycles. The molecule has 5 heteroatoms. The normalized spacial score (nSPS) is 30.8. The fourth-order valence-electron chi connectivity index (χ4n) is 3.57. The second-order valence-corrected chi connectivity index (χ2v) is 8.19. The number of nitrogens with one attached hydrogen (secondary N) is 1. The first-order valence-corrected chi connectivity index (χ1v) is 9.10. The summed E-state index contributed by atoms with van der Waals surface area (Å²) in [4.78, 5) is 14.2. The third-order valence-electron chi connectivity index (χ3n) is 4.80. The Morgan fingerprint density at radius 3 is 2.74 bits per heavy atom. The van der Waals surface area contributed by atoms with E-state index >= 15 is 0 Å². The first kappa shape index (κ1) is 18.5. The summed E-state index contributed by atoms with van der Waals surface area (Å²) >= 11 is 0. The molecule has 0 aromatic heterocycles. The summed E-state index contributed by atoms with van der Waals surface area (Å²) in [6.07, 6.45) is 4.56. The number of piperidine rings is 1. The molecule has 2 rings (SSSR count). The maximum absolute atomic E-state index is 12.3. The van der Waals surface area contributed by atoms with Crippen molar-refractivity contribution in [3.05, 3.63) is 0 Å². The fraction of sp³-hybridized carbons (Fsp3) is 0.944. The predicted molar refractivity (Wildman–Crippen MR) is 91.6 cm³/mol. The van der Waals surface area contributed by atoms with E-state index in [2.05, 4.69) is 19.2 Å². The molecule has 0 bridgehead atoms. The Labute approximate surface area is 141 Å². The summed E-state index contributed by atoms with van der Waals surface area (Å²) in [5.41, 5.74) is -0.424. The van der Waals surface area contributed by atoms with Gasteiger partial charge in [0.05, 0.1) is 6.10 Å². The summed E-state index contributed by atoms with van der Waals surface area (Å²) in [6, 6.07) is 0.946. The van der Waals surface area contributed by atoms with E-state index in [0.717, 1.165) is 39.0 Å². The second kappa shape index (κ2) is 7.84. The van der Waals surface area contributed by atoms with Crippen LogP contribution in [0.2, 0.25) is 0 Å². The van der Waals surface area contributed by atoms with Crippen molar-refractivity contribution in [1.29, 1.82) is 0 Å². The molecular formula is C18H34N2O3. The molecule has 2 aliphatic rings. The van der Waals surface area contributed by atoms with Crippen molar-refractivity contribution >= 4 is 6.09 Å². The molecule has 2 heterocycles. The van der Waals surface area contributed by atoms with Gasteiger partial charge >= 0.3 is 6.09 Å². The van der Waals surface area contributed by atoms with Gasteiger partial charge in [-0.3, -0.25) is 0 Å². The van der Waals surface area contributed by atoms with Crippen molar-refractivity contribution in [2.75, 3.05) is 19.7 Å². The maximum atomic E-state index is 12.3. The van der Waals surface area contributed by atoms with Crippen molar-refractivity contribution in [2.24, 2.45) is 5.92 Å². The minimum Gasteiger partial charge on any atom is -0.444 e. The van der Waals surface area contributed by atoms with Crippen molar-refractivity contribution in [3.8, 4) is 0 Å². The first-order chi connectivity index (χ1) is 10.7. The Hall–Kier alpha value is -0.810. The quantitative estimate of drug-likeness (QED) is 0.865. The van der Waals surface area contributed by atoms with Crippen molar-refractivity contribution < 1.29 is 14.3 Å². The van der Waals surface area contributed by atoms with E-state index in [-0.39, 0.29) is 6.09 Å². The molecule has 2 fully saturated rings. The lowest BCUT2D eigenvalue weighted by Gasteiger charge is -2.39. The molecule has 0 saturated carbocycles. The number of ether oxygens (including phenoxy) is 2. The molecule has 0 radical (unpaired) electrons. The van der Waals surface area contributed by atoms with Gasteiger partial charge in [-0.2, -0.15) is 0 Å². The highest BCUT2D eigenvalue weighted by Gasteiger charge is 2.31. The van der Waals surface area contributed by atoms with Crippen LogP contribution in [-0.4, -0.2) is 54.5 Å². The van der Waals surface area contributed by atoms with Gasteiger partial charge in [0, 0.05) is 31.8 Å². The number of hydrogen-bond acceptors (Lipinski definition) is 4. The molecule has 0 aromatic carbocycles. The zero-order valence-electron chi connectivity index (χ0n) is 15.4. The molecule has 1 amide bonds. The molecule has 0 spiro atoms. The molecule has 0 aromatic rings. The highest BCUT2D eigenvalue weighted by molar-refractivity contribution is 5.68. The van der Waals surface area contributed by atoms with Crippen molar-refractivity contribution in [2.45, 2.75) is 84.1 Å². The molecular weight excluding hydrogens is 292 g/mol. The number of rotatable bonds is 3. The lowest BCUT2D eigenvalue weighted by Crippen LogP contribution is -2.51. The van der Waals surface area contributed by atoms with Crippen molar-refractivity contribution in [1.82, 2.24) is 10.2 Å². The number of nitrogens with zero attached hydrogens (tertiary/aromatic N) is 1. The lowest BCUT2D eigenvalue weighted by molar-refractivity contribution is 0.00500. The third-order valence-corrected chi connectivity index (χ3v) is 4.80.